The Labute approximate surface area is 207 Å². The molecule has 0 N–H and O–H groups in total. The summed E-state index contributed by atoms with van der Waals surface area (Å²) in [4.78, 5) is 0. The quantitative estimate of drug-likeness (QED) is 0.342. The summed E-state index contributed by atoms with van der Waals surface area (Å²) in [5.41, 5.74) is 3.66. The number of aryl methyl sites for hydroxylation is 1. The highest BCUT2D eigenvalue weighted by molar-refractivity contribution is 5.67. The molecule has 4 heteroatoms. The van der Waals surface area contributed by atoms with Crippen LogP contribution in [0.4, 0.5) is 13.2 Å². The average Bonchev–Trinajstić information content (AvgIpc) is 3.71. The summed E-state index contributed by atoms with van der Waals surface area (Å²) >= 11 is 0. The van der Waals surface area contributed by atoms with Gasteiger partial charge in [-0.15, -0.1) is 0 Å². The van der Waals surface area contributed by atoms with Crippen molar-refractivity contribution in [2.24, 2.45) is 11.8 Å². The molecule has 1 nitrogen and oxygen atoms in total. The fourth-order valence-corrected chi connectivity index (χ4v) is 6.26. The standard InChI is InChI=1S/C31H37F3O/c1-2-3-20-6-11-23(12-7-20)26-16-14-24(30(33)31(26)34)13-8-21-4-9-22(10-5-21)25-15-17-27(28(32)18-25)29-19-35-29/h11,14-18,20-22,29H,2-10,12-13,19H2,1H3. The Balaban J connectivity index is 1.14. The highest BCUT2D eigenvalue weighted by atomic mass is 19.2. The van der Waals surface area contributed by atoms with Gasteiger partial charge in [-0.2, -0.15) is 0 Å². The lowest BCUT2D eigenvalue weighted by atomic mass is 9.76. The molecule has 1 saturated carbocycles. The molecular weight excluding hydrogens is 445 g/mol. The van der Waals surface area contributed by atoms with E-state index in [1.165, 1.54) is 12.8 Å². The van der Waals surface area contributed by atoms with E-state index in [4.69, 9.17) is 4.74 Å². The van der Waals surface area contributed by atoms with Crippen molar-refractivity contribution in [3.05, 3.63) is 76.1 Å². The number of allylic oxidation sites excluding steroid dienone is 2. The van der Waals surface area contributed by atoms with Gasteiger partial charge in [0.15, 0.2) is 11.6 Å². The Hall–Kier alpha value is -2.07. The maximum atomic E-state index is 15.0. The second-order valence-corrected chi connectivity index (χ2v) is 10.9. The number of halogens is 3. The monoisotopic (exact) mass is 482 g/mol. The topological polar surface area (TPSA) is 12.5 Å². The third-order valence-electron chi connectivity index (χ3n) is 8.57. The van der Waals surface area contributed by atoms with Crippen molar-refractivity contribution in [3.63, 3.8) is 0 Å². The van der Waals surface area contributed by atoms with E-state index >= 15 is 0 Å². The molecule has 0 amide bonds. The summed E-state index contributed by atoms with van der Waals surface area (Å²) < 4.78 is 49.5. The third kappa shape index (κ3) is 5.69. The second-order valence-electron chi connectivity index (χ2n) is 10.9. The van der Waals surface area contributed by atoms with Crippen LogP contribution in [0.1, 0.15) is 105 Å². The van der Waals surface area contributed by atoms with Gasteiger partial charge in [0.25, 0.3) is 0 Å². The van der Waals surface area contributed by atoms with E-state index in [1.807, 2.05) is 6.07 Å². The van der Waals surface area contributed by atoms with Crippen LogP contribution in [-0.2, 0) is 11.2 Å². The lowest BCUT2D eigenvalue weighted by Gasteiger charge is -2.29. The molecule has 2 fully saturated rings. The Morgan fingerprint density at radius 3 is 2.34 bits per heavy atom. The van der Waals surface area contributed by atoms with Gasteiger partial charge < -0.3 is 4.74 Å². The van der Waals surface area contributed by atoms with E-state index in [0.717, 1.165) is 62.5 Å². The van der Waals surface area contributed by atoms with Gasteiger partial charge in [-0.1, -0.05) is 50.1 Å². The first kappa shape index (κ1) is 24.6. The van der Waals surface area contributed by atoms with Crippen LogP contribution in [0.5, 0.6) is 0 Å². The number of hydrogen-bond acceptors (Lipinski definition) is 1. The van der Waals surface area contributed by atoms with Crippen molar-refractivity contribution in [1.29, 1.82) is 0 Å². The van der Waals surface area contributed by atoms with E-state index in [9.17, 15) is 13.2 Å². The van der Waals surface area contributed by atoms with Gasteiger partial charge in [0.1, 0.15) is 11.9 Å². The van der Waals surface area contributed by atoms with Crippen LogP contribution in [0, 0.1) is 29.3 Å². The summed E-state index contributed by atoms with van der Waals surface area (Å²) in [6.07, 6.45) is 12.9. The first-order valence-electron chi connectivity index (χ1n) is 13.6. The normalized spacial score (nSPS) is 26.5. The molecule has 35 heavy (non-hydrogen) atoms. The highest BCUT2D eigenvalue weighted by Crippen LogP contribution is 2.40. The molecule has 1 aliphatic heterocycles. The molecule has 2 aromatic rings. The predicted molar refractivity (Wildman–Crippen MR) is 135 cm³/mol. The summed E-state index contributed by atoms with van der Waals surface area (Å²) in [7, 11) is 0. The number of rotatable bonds is 8. The van der Waals surface area contributed by atoms with Crippen molar-refractivity contribution in [2.75, 3.05) is 6.61 Å². The first-order valence-corrected chi connectivity index (χ1v) is 13.6. The largest absolute Gasteiger partial charge is 0.368 e. The fraction of sp³-hybridized carbons (Fsp3) is 0.548. The van der Waals surface area contributed by atoms with Crippen LogP contribution in [0.2, 0.25) is 0 Å². The summed E-state index contributed by atoms with van der Waals surface area (Å²) in [5, 5.41) is 0. The summed E-state index contributed by atoms with van der Waals surface area (Å²) in [5.74, 6) is 0.0778. The molecule has 2 atom stereocenters. The molecule has 0 radical (unpaired) electrons. The Kier molecular flexibility index (Phi) is 7.67. The molecule has 3 aliphatic rings. The smallest absolute Gasteiger partial charge is 0.166 e. The molecular formula is C31H37F3O. The Morgan fingerprint density at radius 1 is 0.886 bits per heavy atom. The molecule has 0 bridgehead atoms. The molecule has 2 aliphatic carbocycles. The molecule has 188 valence electrons. The molecule has 2 unspecified atom stereocenters. The molecule has 1 heterocycles. The highest BCUT2D eigenvalue weighted by Gasteiger charge is 2.29. The number of benzene rings is 2. The predicted octanol–water partition coefficient (Wildman–Crippen LogP) is 9.07. The van der Waals surface area contributed by atoms with Crippen LogP contribution in [0.3, 0.4) is 0 Å². The van der Waals surface area contributed by atoms with Crippen LogP contribution in [0.25, 0.3) is 5.57 Å². The van der Waals surface area contributed by atoms with Crippen molar-refractivity contribution in [2.45, 2.75) is 89.6 Å². The van der Waals surface area contributed by atoms with Gasteiger partial charge >= 0.3 is 0 Å². The second kappa shape index (κ2) is 10.9. The zero-order valence-electron chi connectivity index (χ0n) is 20.8. The fourth-order valence-electron chi connectivity index (χ4n) is 6.26. The summed E-state index contributed by atoms with van der Waals surface area (Å²) in [6.45, 7) is 2.81. The van der Waals surface area contributed by atoms with Crippen molar-refractivity contribution >= 4 is 5.57 Å². The minimum atomic E-state index is -0.673. The van der Waals surface area contributed by atoms with Crippen molar-refractivity contribution in [1.82, 2.24) is 0 Å². The zero-order valence-corrected chi connectivity index (χ0v) is 20.8. The summed E-state index contributed by atoms with van der Waals surface area (Å²) in [6, 6.07) is 9.21. The van der Waals surface area contributed by atoms with E-state index in [0.29, 0.717) is 47.5 Å². The molecule has 5 rings (SSSR count). The lowest BCUT2D eigenvalue weighted by Crippen LogP contribution is -2.15. The van der Waals surface area contributed by atoms with Crippen LogP contribution < -0.4 is 0 Å². The Morgan fingerprint density at radius 2 is 1.69 bits per heavy atom. The number of epoxide rings is 1. The van der Waals surface area contributed by atoms with Crippen molar-refractivity contribution in [3.8, 4) is 0 Å². The lowest BCUT2D eigenvalue weighted by molar-refractivity contribution is 0.308. The van der Waals surface area contributed by atoms with E-state index in [2.05, 4.69) is 19.1 Å². The molecule has 0 spiro atoms. The maximum Gasteiger partial charge on any atom is 0.166 e. The maximum absolute atomic E-state index is 15.0. The van der Waals surface area contributed by atoms with E-state index in [-0.39, 0.29) is 11.9 Å². The van der Waals surface area contributed by atoms with Gasteiger partial charge in [0.05, 0.1) is 6.61 Å². The Bertz CT molecular complexity index is 1060. The number of hydrogen-bond donors (Lipinski definition) is 0. The minimum absolute atomic E-state index is 0.0587. The van der Waals surface area contributed by atoms with E-state index in [1.54, 1.807) is 18.2 Å². The van der Waals surface area contributed by atoms with Gasteiger partial charge in [-0.05, 0) is 98.3 Å². The van der Waals surface area contributed by atoms with Gasteiger partial charge in [0, 0.05) is 11.1 Å². The first-order chi connectivity index (χ1) is 17.0. The molecule has 2 aromatic carbocycles. The zero-order chi connectivity index (χ0) is 24.4. The van der Waals surface area contributed by atoms with Gasteiger partial charge in [-0.3, -0.25) is 0 Å². The molecule has 1 saturated heterocycles. The van der Waals surface area contributed by atoms with Gasteiger partial charge in [-0.25, -0.2) is 13.2 Å². The van der Waals surface area contributed by atoms with Crippen LogP contribution >= 0.6 is 0 Å². The average molecular weight is 483 g/mol. The SMILES string of the molecule is CCCC1CC=C(c2ccc(CCC3CCC(c4ccc(C5CO5)c(F)c4)CC3)c(F)c2F)CC1. The van der Waals surface area contributed by atoms with Crippen LogP contribution in [-0.4, -0.2) is 6.61 Å². The van der Waals surface area contributed by atoms with Crippen LogP contribution in [0.15, 0.2) is 36.4 Å². The number of ether oxygens (including phenoxy) is 1. The molecule has 0 aromatic heterocycles. The van der Waals surface area contributed by atoms with Gasteiger partial charge in [0.2, 0.25) is 0 Å². The minimum Gasteiger partial charge on any atom is -0.368 e. The van der Waals surface area contributed by atoms with E-state index < -0.39 is 11.6 Å². The van der Waals surface area contributed by atoms with Crippen molar-refractivity contribution < 1.29 is 17.9 Å². The third-order valence-corrected chi connectivity index (χ3v) is 8.57.